The molecule has 0 unspecified atom stereocenters. The van der Waals surface area contributed by atoms with Crippen molar-refractivity contribution in [1.29, 1.82) is 0 Å². The topological polar surface area (TPSA) is 59.2 Å². The minimum atomic E-state index is 0.0828. The van der Waals surface area contributed by atoms with Crippen molar-refractivity contribution in [3.05, 3.63) is 41.4 Å². The SMILES string of the molecule is Cc1cc(CSc2ncccc2C(=O)N2CCCC2)no1. The maximum atomic E-state index is 12.5. The monoisotopic (exact) mass is 303 g/mol. The predicted octanol–water partition coefficient (Wildman–Crippen LogP) is 2.91. The molecule has 0 bridgehead atoms. The second-order valence-electron chi connectivity index (χ2n) is 5.07. The second-order valence-corrected chi connectivity index (χ2v) is 6.04. The van der Waals surface area contributed by atoms with E-state index in [9.17, 15) is 4.79 Å². The number of carbonyl (C=O) groups excluding carboxylic acids is 1. The zero-order valence-corrected chi connectivity index (χ0v) is 12.7. The molecule has 1 aliphatic rings. The fourth-order valence-electron chi connectivity index (χ4n) is 2.39. The molecule has 2 aromatic rings. The van der Waals surface area contributed by atoms with Crippen LogP contribution in [-0.2, 0) is 5.75 Å². The molecule has 3 rings (SSSR count). The van der Waals surface area contributed by atoms with E-state index in [4.69, 9.17) is 4.52 Å². The van der Waals surface area contributed by atoms with E-state index in [1.54, 1.807) is 6.20 Å². The highest BCUT2D eigenvalue weighted by Gasteiger charge is 2.22. The standard InChI is InChI=1S/C15H17N3O2S/c1-11-9-12(17-20-11)10-21-14-13(5-4-6-16-14)15(19)18-7-2-3-8-18/h4-6,9H,2-3,7-8,10H2,1H3. The van der Waals surface area contributed by atoms with Gasteiger partial charge in [0.1, 0.15) is 10.8 Å². The molecule has 0 aromatic carbocycles. The van der Waals surface area contributed by atoms with Crippen molar-refractivity contribution >= 4 is 17.7 Å². The van der Waals surface area contributed by atoms with E-state index in [2.05, 4.69) is 10.1 Å². The highest BCUT2D eigenvalue weighted by molar-refractivity contribution is 7.98. The van der Waals surface area contributed by atoms with E-state index in [0.717, 1.165) is 42.4 Å². The van der Waals surface area contributed by atoms with E-state index in [1.807, 2.05) is 30.0 Å². The zero-order chi connectivity index (χ0) is 14.7. The Bertz CT molecular complexity index is 635. The largest absolute Gasteiger partial charge is 0.361 e. The maximum Gasteiger partial charge on any atom is 0.256 e. The van der Waals surface area contributed by atoms with Crippen LogP contribution in [-0.4, -0.2) is 34.0 Å². The lowest BCUT2D eigenvalue weighted by Crippen LogP contribution is -2.28. The lowest BCUT2D eigenvalue weighted by Gasteiger charge is -2.16. The van der Waals surface area contributed by atoms with Crippen LogP contribution in [0.4, 0.5) is 0 Å². The summed E-state index contributed by atoms with van der Waals surface area (Å²) in [5.74, 6) is 1.52. The van der Waals surface area contributed by atoms with Crippen LogP contribution in [0, 0.1) is 6.92 Å². The minimum Gasteiger partial charge on any atom is -0.361 e. The van der Waals surface area contributed by atoms with Gasteiger partial charge in [-0.25, -0.2) is 4.98 Å². The Kier molecular flexibility index (Phi) is 4.24. The van der Waals surface area contributed by atoms with Crippen LogP contribution < -0.4 is 0 Å². The molecule has 6 heteroatoms. The van der Waals surface area contributed by atoms with Crippen molar-refractivity contribution in [2.45, 2.75) is 30.5 Å². The van der Waals surface area contributed by atoms with Crippen LogP contribution in [0.2, 0.25) is 0 Å². The number of hydrogen-bond acceptors (Lipinski definition) is 5. The van der Waals surface area contributed by atoms with Gasteiger partial charge < -0.3 is 9.42 Å². The number of aryl methyl sites for hydroxylation is 1. The highest BCUT2D eigenvalue weighted by Crippen LogP contribution is 2.26. The number of rotatable bonds is 4. The molecule has 0 N–H and O–H groups in total. The third kappa shape index (κ3) is 3.26. The number of aromatic nitrogens is 2. The maximum absolute atomic E-state index is 12.5. The molecule has 5 nitrogen and oxygen atoms in total. The summed E-state index contributed by atoms with van der Waals surface area (Å²) in [5, 5.41) is 4.72. The van der Waals surface area contributed by atoms with Crippen molar-refractivity contribution in [3.63, 3.8) is 0 Å². The fraction of sp³-hybridized carbons (Fsp3) is 0.400. The fourth-order valence-corrected chi connectivity index (χ4v) is 3.25. The molecule has 0 radical (unpaired) electrons. The third-order valence-electron chi connectivity index (χ3n) is 3.43. The summed E-state index contributed by atoms with van der Waals surface area (Å²) in [6.07, 6.45) is 3.90. The molecule has 3 heterocycles. The van der Waals surface area contributed by atoms with Crippen LogP contribution in [0.3, 0.4) is 0 Å². The molecule has 110 valence electrons. The first-order valence-electron chi connectivity index (χ1n) is 7.03. The van der Waals surface area contributed by atoms with Crippen molar-refractivity contribution in [2.75, 3.05) is 13.1 Å². The number of carbonyl (C=O) groups is 1. The van der Waals surface area contributed by atoms with Gasteiger partial charge in [0.05, 0.1) is 11.3 Å². The Morgan fingerprint density at radius 3 is 2.95 bits per heavy atom. The summed E-state index contributed by atoms with van der Waals surface area (Å²) in [4.78, 5) is 18.8. The summed E-state index contributed by atoms with van der Waals surface area (Å²) < 4.78 is 5.05. The smallest absolute Gasteiger partial charge is 0.256 e. The van der Waals surface area contributed by atoms with Gasteiger partial charge in [-0.05, 0) is 31.9 Å². The van der Waals surface area contributed by atoms with Gasteiger partial charge >= 0.3 is 0 Å². The lowest BCUT2D eigenvalue weighted by atomic mass is 10.2. The van der Waals surface area contributed by atoms with E-state index >= 15 is 0 Å². The van der Waals surface area contributed by atoms with E-state index in [0.29, 0.717) is 11.3 Å². The van der Waals surface area contributed by atoms with E-state index in [-0.39, 0.29) is 5.91 Å². The molecule has 1 amide bonds. The summed E-state index contributed by atoms with van der Waals surface area (Å²) >= 11 is 1.52. The Hall–Kier alpha value is -1.82. The predicted molar refractivity (Wildman–Crippen MR) is 80.2 cm³/mol. The molecule has 0 spiro atoms. The molecule has 0 atom stereocenters. The Morgan fingerprint density at radius 2 is 2.24 bits per heavy atom. The molecule has 0 aliphatic carbocycles. The summed E-state index contributed by atoms with van der Waals surface area (Å²) in [7, 11) is 0. The molecule has 1 aliphatic heterocycles. The van der Waals surface area contributed by atoms with Crippen molar-refractivity contribution < 1.29 is 9.32 Å². The molecule has 21 heavy (non-hydrogen) atoms. The Balaban J connectivity index is 1.74. The van der Waals surface area contributed by atoms with Crippen LogP contribution in [0.15, 0.2) is 33.9 Å². The van der Waals surface area contributed by atoms with Crippen LogP contribution >= 0.6 is 11.8 Å². The number of hydrogen-bond donors (Lipinski definition) is 0. The van der Waals surface area contributed by atoms with Crippen LogP contribution in [0.1, 0.15) is 34.7 Å². The summed E-state index contributed by atoms with van der Waals surface area (Å²) in [6, 6.07) is 5.57. The van der Waals surface area contributed by atoms with Gasteiger partial charge in [0.25, 0.3) is 5.91 Å². The Morgan fingerprint density at radius 1 is 1.43 bits per heavy atom. The third-order valence-corrected chi connectivity index (χ3v) is 4.47. The minimum absolute atomic E-state index is 0.0828. The first-order chi connectivity index (χ1) is 10.2. The van der Waals surface area contributed by atoms with Crippen molar-refractivity contribution in [3.8, 4) is 0 Å². The van der Waals surface area contributed by atoms with Crippen molar-refractivity contribution in [1.82, 2.24) is 15.0 Å². The lowest BCUT2D eigenvalue weighted by molar-refractivity contribution is 0.0788. The van der Waals surface area contributed by atoms with E-state index < -0.39 is 0 Å². The molecule has 1 fully saturated rings. The molecular weight excluding hydrogens is 286 g/mol. The molecule has 2 aromatic heterocycles. The first-order valence-corrected chi connectivity index (χ1v) is 8.02. The summed E-state index contributed by atoms with van der Waals surface area (Å²) in [6.45, 7) is 3.56. The van der Waals surface area contributed by atoms with Gasteiger partial charge in [-0.3, -0.25) is 4.79 Å². The number of pyridine rings is 1. The second kappa shape index (κ2) is 6.30. The molecule has 1 saturated heterocycles. The average molecular weight is 303 g/mol. The molecule has 0 saturated carbocycles. The zero-order valence-electron chi connectivity index (χ0n) is 11.9. The van der Waals surface area contributed by atoms with Gasteiger partial charge in [-0.1, -0.05) is 16.9 Å². The van der Waals surface area contributed by atoms with Gasteiger partial charge in [0.15, 0.2) is 0 Å². The van der Waals surface area contributed by atoms with Gasteiger partial charge in [-0.15, -0.1) is 0 Å². The average Bonchev–Trinajstić information content (AvgIpc) is 3.16. The number of amides is 1. The quantitative estimate of drug-likeness (QED) is 0.813. The normalized spacial score (nSPS) is 14.6. The van der Waals surface area contributed by atoms with Gasteiger partial charge in [0.2, 0.25) is 0 Å². The first kappa shape index (κ1) is 14.1. The van der Waals surface area contributed by atoms with Crippen LogP contribution in [0.5, 0.6) is 0 Å². The van der Waals surface area contributed by atoms with E-state index in [1.165, 1.54) is 11.8 Å². The van der Waals surface area contributed by atoms with Crippen molar-refractivity contribution in [2.24, 2.45) is 0 Å². The highest BCUT2D eigenvalue weighted by atomic mass is 32.2. The number of likely N-dealkylation sites (tertiary alicyclic amines) is 1. The van der Waals surface area contributed by atoms with Crippen LogP contribution in [0.25, 0.3) is 0 Å². The number of thioether (sulfide) groups is 1. The Labute approximate surface area is 127 Å². The number of nitrogens with zero attached hydrogens (tertiary/aromatic N) is 3. The summed E-state index contributed by atoms with van der Waals surface area (Å²) in [5.41, 5.74) is 1.55. The van der Waals surface area contributed by atoms with Gasteiger partial charge in [0, 0.05) is 31.1 Å². The van der Waals surface area contributed by atoms with Gasteiger partial charge in [-0.2, -0.15) is 0 Å². The molecular formula is C15H17N3O2S.